The highest BCUT2D eigenvalue weighted by molar-refractivity contribution is 7.10. The van der Waals surface area contributed by atoms with E-state index in [-0.39, 0.29) is 30.9 Å². The molecule has 5 rings (SSSR count). The second kappa shape index (κ2) is 9.31. The summed E-state index contributed by atoms with van der Waals surface area (Å²) >= 11 is 1.64. The molecule has 1 saturated carbocycles. The maximum Gasteiger partial charge on any atom is 0.290 e. The van der Waals surface area contributed by atoms with Gasteiger partial charge in [-0.2, -0.15) is 0 Å². The van der Waals surface area contributed by atoms with Gasteiger partial charge in [0.25, 0.3) is 5.91 Å². The topological polar surface area (TPSA) is 72.2 Å². The first kappa shape index (κ1) is 21.6. The Balaban J connectivity index is 1.36. The van der Waals surface area contributed by atoms with Crippen molar-refractivity contribution >= 4 is 23.2 Å². The zero-order chi connectivity index (χ0) is 22.8. The number of carbonyl (C=O) groups is 2. The molecule has 0 atom stereocenters. The summed E-state index contributed by atoms with van der Waals surface area (Å²) in [4.78, 5) is 31.2. The summed E-state index contributed by atoms with van der Waals surface area (Å²) in [5.74, 6) is 1.79. The largest absolute Gasteiger partial charge is 0.459 e. The zero-order valence-corrected chi connectivity index (χ0v) is 19.3. The number of furan rings is 1. The Hall–Kier alpha value is -3.26. The molecule has 0 saturated heterocycles. The van der Waals surface area contributed by atoms with E-state index < -0.39 is 0 Å². The second-order valence-corrected chi connectivity index (χ2v) is 9.57. The Kier molecular flexibility index (Phi) is 6.09. The number of thiophene rings is 1. The molecule has 3 heterocycles. The number of aryl methyl sites for hydroxylation is 1. The molecule has 0 spiro atoms. The van der Waals surface area contributed by atoms with Gasteiger partial charge in [-0.15, -0.1) is 11.3 Å². The number of benzene rings is 1. The van der Waals surface area contributed by atoms with Crippen molar-refractivity contribution in [1.29, 1.82) is 0 Å². The van der Waals surface area contributed by atoms with Gasteiger partial charge in [-0.05, 0) is 72.5 Å². The maximum atomic E-state index is 13.6. The second-order valence-electron chi connectivity index (χ2n) is 8.57. The fourth-order valence-corrected chi connectivity index (χ4v) is 4.80. The monoisotopic (exact) mass is 466 g/mol. The van der Waals surface area contributed by atoms with Crippen molar-refractivity contribution < 1.29 is 23.5 Å². The molecule has 1 aromatic carbocycles. The molecule has 0 radical (unpaired) electrons. The molecule has 1 aliphatic heterocycles. The van der Waals surface area contributed by atoms with Gasteiger partial charge in [0.1, 0.15) is 6.54 Å². The van der Waals surface area contributed by atoms with Gasteiger partial charge in [0.05, 0.1) is 12.8 Å². The zero-order valence-electron chi connectivity index (χ0n) is 18.5. The molecule has 8 heteroatoms. The van der Waals surface area contributed by atoms with Crippen molar-refractivity contribution in [3.05, 3.63) is 69.8 Å². The van der Waals surface area contributed by atoms with Gasteiger partial charge in [0.2, 0.25) is 12.7 Å². The lowest BCUT2D eigenvalue weighted by Crippen LogP contribution is -2.43. The molecule has 0 unspecified atom stereocenters. The minimum atomic E-state index is -0.240. The van der Waals surface area contributed by atoms with Gasteiger partial charge in [-0.1, -0.05) is 6.07 Å². The SMILES string of the molecule is Cc1ccsc1CN(Cc1ccc2c(c1)OCO2)C(=O)CN(CC1CC1)C(=O)c1ccco1. The van der Waals surface area contributed by atoms with Crippen molar-refractivity contribution in [2.24, 2.45) is 5.92 Å². The molecule has 33 heavy (non-hydrogen) atoms. The van der Waals surface area contributed by atoms with Crippen LogP contribution in [0.1, 0.15) is 39.4 Å². The highest BCUT2D eigenvalue weighted by Crippen LogP contribution is 2.33. The van der Waals surface area contributed by atoms with Crippen molar-refractivity contribution in [1.82, 2.24) is 9.80 Å². The van der Waals surface area contributed by atoms with E-state index in [1.54, 1.807) is 28.4 Å². The van der Waals surface area contributed by atoms with Crippen LogP contribution in [0.25, 0.3) is 0 Å². The van der Waals surface area contributed by atoms with Crippen LogP contribution in [0.5, 0.6) is 11.5 Å². The summed E-state index contributed by atoms with van der Waals surface area (Å²) in [5, 5.41) is 2.04. The van der Waals surface area contributed by atoms with Crippen LogP contribution in [0.4, 0.5) is 0 Å². The van der Waals surface area contributed by atoms with Gasteiger partial charge < -0.3 is 23.7 Å². The Labute approximate surface area is 196 Å². The highest BCUT2D eigenvalue weighted by atomic mass is 32.1. The van der Waals surface area contributed by atoms with Crippen LogP contribution in [0.15, 0.2) is 52.5 Å². The summed E-state index contributed by atoms with van der Waals surface area (Å²) in [7, 11) is 0. The van der Waals surface area contributed by atoms with Gasteiger partial charge in [0.15, 0.2) is 17.3 Å². The van der Waals surface area contributed by atoms with Crippen LogP contribution in [0.3, 0.4) is 0 Å². The summed E-state index contributed by atoms with van der Waals surface area (Å²) in [5.41, 5.74) is 2.11. The quantitative estimate of drug-likeness (QED) is 0.466. The number of amides is 2. The minimum absolute atomic E-state index is 0.0189. The number of hydrogen-bond acceptors (Lipinski definition) is 6. The van der Waals surface area contributed by atoms with Crippen LogP contribution in [0.2, 0.25) is 0 Å². The molecule has 0 bridgehead atoms. The Morgan fingerprint density at radius 1 is 1.06 bits per heavy atom. The van der Waals surface area contributed by atoms with Gasteiger partial charge in [-0.25, -0.2) is 0 Å². The van der Waals surface area contributed by atoms with Crippen molar-refractivity contribution in [3.8, 4) is 11.5 Å². The first-order valence-electron chi connectivity index (χ1n) is 11.1. The van der Waals surface area contributed by atoms with Crippen LogP contribution >= 0.6 is 11.3 Å². The molecule has 2 amide bonds. The van der Waals surface area contributed by atoms with Gasteiger partial charge in [0, 0.05) is 18.0 Å². The summed E-state index contributed by atoms with van der Waals surface area (Å²) < 4.78 is 16.2. The van der Waals surface area contributed by atoms with E-state index in [2.05, 4.69) is 13.0 Å². The lowest BCUT2D eigenvalue weighted by Gasteiger charge is -2.27. The smallest absolute Gasteiger partial charge is 0.290 e. The summed E-state index contributed by atoms with van der Waals surface area (Å²) in [6, 6.07) is 11.1. The van der Waals surface area contributed by atoms with Crippen molar-refractivity contribution in [2.75, 3.05) is 19.9 Å². The number of fused-ring (bicyclic) bond motifs is 1. The molecule has 2 aliphatic rings. The lowest BCUT2D eigenvalue weighted by molar-refractivity contribution is -0.133. The maximum absolute atomic E-state index is 13.6. The number of hydrogen-bond donors (Lipinski definition) is 0. The predicted octanol–water partition coefficient (Wildman–Crippen LogP) is 4.46. The van der Waals surface area contributed by atoms with Crippen LogP contribution in [0, 0.1) is 12.8 Å². The van der Waals surface area contributed by atoms with E-state index in [0.29, 0.717) is 37.1 Å². The van der Waals surface area contributed by atoms with Crippen LogP contribution in [-0.4, -0.2) is 41.5 Å². The van der Waals surface area contributed by atoms with E-state index in [1.807, 2.05) is 28.5 Å². The van der Waals surface area contributed by atoms with E-state index in [1.165, 1.54) is 6.26 Å². The average Bonchev–Trinajstić information content (AvgIpc) is 3.20. The molecule has 7 nitrogen and oxygen atoms in total. The number of rotatable bonds is 9. The normalized spacial score (nSPS) is 14.3. The standard InChI is InChI=1S/C25H26N2O5S/c1-17-8-10-33-23(17)14-26(13-19-6-7-20-22(11-19)32-16-31-20)24(28)15-27(12-18-4-5-18)25(29)21-3-2-9-30-21/h2-3,6-11,18H,4-5,12-16H2,1H3. The third-order valence-corrected chi connectivity index (χ3v) is 6.99. The fraction of sp³-hybridized carbons (Fsp3) is 0.360. The Bertz CT molecular complexity index is 1140. The molecule has 1 fully saturated rings. The summed E-state index contributed by atoms with van der Waals surface area (Å²) in [6.07, 6.45) is 3.66. The minimum Gasteiger partial charge on any atom is -0.459 e. The van der Waals surface area contributed by atoms with E-state index in [9.17, 15) is 9.59 Å². The predicted molar refractivity (Wildman–Crippen MR) is 123 cm³/mol. The van der Waals surface area contributed by atoms with E-state index in [0.717, 1.165) is 28.8 Å². The average molecular weight is 467 g/mol. The van der Waals surface area contributed by atoms with E-state index in [4.69, 9.17) is 13.9 Å². The number of carbonyl (C=O) groups excluding carboxylic acids is 2. The number of ether oxygens (including phenoxy) is 2. The number of nitrogens with zero attached hydrogens (tertiary/aromatic N) is 2. The Morgan fingerprint density at radius 3 is 2.64 bits per heavy atom. The van der Waals surface area contributed by atoms with E-state index >= 15 is 0 Å². The molecule has 3 aromatic rings. The first-order chi connectivity index (χ1) is 16.1. The van der Waals surface area contributed by atoms with Crippen LogP contribution < -0.4 is 9.47 Å². The molecular formula is C25H26N2O5S. The molecule has 2 aromatic heterocycles. The summed E-state index contributed by atoms with van der Waals surface area (Å²) in [6.45, 7) is 3.75. The molecule has 1 aliphatic carbocycles. The van der Waals surface area contributed by atoms with Crippen molar-refractivity contribution in [2.45, 2.75) is 32.9 Å². The fourth-order valence-electron chi connectivity index (χ4n) is 3.88. The van der Waals surface area contributed by atoms with Crippen LogP contribution in [-0.2, 0) is 17.9 Å². The first-order valence-corrected chi connectivity index (χ1v) is 12.0. The molecule has 172 valence electrons. The van der Waals surface area contributed by atoms with Crippen molar-refractivity contribution in [3.63, 3.8) is 0 Å². The van der Waals surface area contributed by atoms with Gasteiger partial charge >= 0.3 is 0 Å². The lowest BCUT2D eigenvalue weighted by atomic mass is 10.1. The Morgan fingerprint density at radius 2 is 1.91 bits per heavy atom. The third kappa shape index (κ3) is 5.06. The third-order valence-electron chi connectivity index (χ3n) is 5.99. The molecular weight excluding hydrogens is 440 g/mol. The highest BCUT2D eigenvalue weighted by Gasteiger charge is 2.31. The molecule has 0 N–H and O–H groups in total. The van der Waals surface area contributed by atoms with Gasteiger partial charge in [-0.3, -0.25) is 9.59 Å².